The second-order valence-corrected chi connectivity index (χ2v) is 8.63. The number of aryl methyl sites for hydroxylation is 1. The average molecular weight is 437 g/mol. The van der Waals surface area contributed by atoms with E-state index in [-0.39, 0.29) is 12.3 Å². The molecule has 0 atom stereocenters. The number of hydrogen-bond acceptors (Lipinski definition) is 4. The zero-order valence-corrected chi connectivity index (χ0v) is 18.3. The van der Waals surface area contributed by atoms with Gasteiger partial charge in [0.05, 0.1) is 12.7 Å². The summed E-state index contributed by atoms with van der Waals surface area (Å²) in [5, 5.41) is 15.1. The van der Waals surface area contributed by atoms with Crippen molar-refractivity contribution in [1.29, 1.82) is 0 Å². The maximum absolute atomic E-state index is 12.9. The number of rotatable bonds is 4. The van der Waals surface area contributed by atoms with Gasteiger partial charge in [-0.25, -0.2) is 0 Å². The van der Waals surface area contributed by atoms with Gasteiger partial charge in [0.2, 0.25) is 5.91 Å². The number of carbonyl (C=O) groups excluding carboxylic acids is 1. The molecule has 0 fully saturated rings. The van der Waals surface area contributed by atoms with Crippen molar-refractivity contribution in [3.63, 3.8) is 0 Å². The first kappa shape index (κ1) is 19.7. The summed E-state index contributed by atoms with van der Waals surface area (Å²) in [5.74, 6) is 1.84. The van der Waals surface area contributed by atoms with Crippen LogP contribution in [-0.4, -0.2) is 20.7 Å². The zero-order chi connectivity index (χ0) is 22.2. The molecule has 6 rings (SSSR count). The molecule has 33 heavy (non-hydrogen) atoms. The smallest absolute Gasteiger partial charge is 0.228 e. The van der Waals surface area contributed by atoms with Crippen LogP contribution in [0.5, 0.6) is 0 Å². The lowest BCUT2D eigenvalue weighted by atomic mass is 10.0. The molecule has 0 bridgehead atoms. The van der Waals surface area contributed by atoms with Crippen LogP contribution in [0.2, 0.25) is 0 Å². The Bertz CT molecular complexity index is 1480. The van der Waals surface area contributed by atoms with E-state index in [0.717, 1.165) is 76.0 Å². The van der Waals surface area contributed by atoms with Gasteiger partial charge in [0.15, 0.2) is 5.82 Å². The van der Waals surface area contributed by atoms with Crippen LogP contribution in [0, 0.1) is 0 Å². The number of hydrogen-bond donors (Lipinski definition) is 1. The average Bonchev–Trinajstić information content (AvgIpc) is 3.36. The van der Waals surface area contributed by atoms with Crippen molar-refractivity contribution in [2.45, 2.75) is 38.6 Å². The third-order valence-electron chi connectivity index (χ3n) is 6.41. The van der Waals surface area contributed by atoms with Gasteiger partial charge in [-0.05, 0) is 41.8 Å². The zero-order valence-electron chi connectivity index (χ0n) is 18.3. The summed E-state index contributed by atoms with van der Waals surface area (Å²) in [6, 6.07) is 20.0. The number of anilines is 1. The molecule has 0 aliphatic carbocycles. The van der Waals surface area contributed by atoms with Crippen molar-refractivity contribution in [3.8, 4) is 11.4 Å². The fourth-order valence-electron chi connectivity index (χ4n) is 4.82. The summed E-state index contributed by atoms with van der Waals surface area (Å²) in [4.78, 5) is 12.9. The van der Waals surface area contributed by atoms with Gasteiger partial charge in [-0.3, -0.25) is 4.79 Å². The summed E-state index contributed by atoms with van der Waals surface area (Å²) in [5.41, 5.74) is 3.40. The normalized spacial score (nSPS) is 13.7. The summed E-state index contributed by atoms with van der Waals surface area (Å²) in [7, 11) is 0. The third kappa shape index (κ3) is 3.67. The van der Waals surface area contributed by atoms with E-state index < -0.39 is 0 Å². The fraction of sp³-hybridized carbons (Fsp3) is 0.222. The quantitative estimate of drug-likeness (QED) is 0.389. The first-order valence-electron chi connectivity index (χ1n) is 11.5. The molecule has 164 valence electrons. The lowest BCUT2D eigenvalue weighted by Gasteiger charge is -2.09. The molecule has 2 aromatic heterocycles. The molecule has 0 unspecified atom stereocenters. The number of nitrogens with zero attached hydrogens (tertiary/aromatic N) is 3. The summed E-state index contributed by atoms with van der Waals surface area (Å²) < 4.78 is 7.96. The van der Waals surface area contributed by atoms with Gasteiger partial charge in [0, 0.05) is 35.2 Å². The molecular weight excluding hydrogens is 412 g/mol. The number of nitrogens with one attached hydrogen (secondary N) is 1. The number of furan rings is 1. The highest BCUT2D eigenvalue weighted by Gasteiger charge is 2.17. The Morgan fingerprint density at radius 1 is 1.00 bits per heavy atom. The van der Waals surface area contributed by atoms with E-state index >= 15 is 0 Å². The lowest BCUT2D eigenvalue weighted by Crippen LogP contribution is -2.14. The molecule has 6 nitrogen and oxygen atoms in total. The number of carbonyl (C=O) groups is 1. The van der Waals surface area contributed by atoms with Crippen LogP contribution in [-0.2, 0) is 24.2 Å². The molecule has 3 heterocycles. The highest BCUT2D eigenvalue weighted by atomic mass is 16.3. The maximum Gasteiger partial charge on any atom is 0.228 e. The molecule has 1 N–H and O–H groups in total. The summed E-state index contributed by atoms with van der Waals surface area (Å²) in [6.07, 6.45) is 6.42. The highest BCUT2D eigenvalue weighted by Crippen LogP contribution is 2.30. The minimum absolute atomic E-state index is 0.0807. The van der Waals surface area contributed by atoms with Gasteiger partial charge in [-0.1, -0.05) is 48.9 Å². The first-order chi connectivity index (χ1) is 16.3. The first-order valence-corrected chi connectivity index (χ1v) is 11.5. The van der Waals surface area contributed by atoms with Gasteiger partial charge in [0.1, 0.15) is 11.4 Å². The molecule has 0 spiro atoms. The van der Waals surface area contributed by atoms with Crippen molar-refractivity contribution >= 4 is 33.3 Å². The molecule has 5 aromatic rings. The third-order valence-corrected chi connectivity index (χ3v) is 6.41. The van der Waals surface area contributed by atoms with Gasteiger partial charge in [0.25, 0.3) is 0 Å². The van der Waals surface area contributed by atoms with Gasteiger partial charge >= 0.3 is 0 Å². The second-order valence-electron chi connectivity index (χ2n) is 8.63. The standard InChI is InChI=1S/C27H24N4O2/c32-25(16-20-17-33-23-13-12-18-7-3-4-10-22(18)26(20)23)28-21-9-6-8-19(15-21)27-30-29-24-11-2-1-5-14-31(24)27/h3-4,6-10,12-13,15,17H,1-2,5,11,14,16H2,(H,28,32). The molecule has 0 radical (unpaired) electrons. The van der Waals surface area contributed by atoms with Crippen molar-refractivity contribution in [3.05, 3.63) is 78.3 Å². The van der Waals surface area contributed by atoms with Crippen LogP contribution in [0.1, 0.15) is 30.7 Å². The van der Waals surface area contributed by atoms with E-state index in [1.165, 1.54) is 6.42 Å². The molecule has 6 heteroatoms. The number of amides is 1. The monoisotopic (exact) mass is 436 g/mol. The van der Waals surface area contributed by atoms with Crippen LogP contribution in [0.15, 0.2) is 71.3 Å². The largest absolute Gasteiger partial charge is 0.464 e. The van der Waals surface area contributed by atoms with Crippen molar-refractivity contribution < 1.29 is 9.21 Å². The Balaban J connectivity index is 1.26. The SMILES string of the molecule is O=C(Cc1coc2ccc3ccccc3c12)Nc1cccc(-c2nnc3n2CCCCC3)c1. The van der Waals surface area contributed by atoms with E-state index in [9.17, 15) is 4.79 Å². The Labute approximate surface area is 191 Å². The number of benzene rings is 3. The Morgan fingerprint density at radius 3 is 2.91 bits per heavy atom. The summed E-state index contributed by atoms with van der Waals surface area (Å²) in [6.45, 7) is 0.940. The highest BCUT2D eigenvalue weighted by molar-refractivity contribution is 6.09. The second kappa shape index (κ2) is 8.20. The topological polar surface area (TPSA) is 73.0 Å². The number of fused-ring (bicyclic) bond motifs is 4. The van der Waals surface area contributed by atoms with Crippen LogP contribution < -0.4 is 5.32 Å². The molecule has 0 saturated carbocycles. The van der Waals surface area contributed by atoms with Crippen molar-refractivity contribution in [2.75, 3.05) is 5.32 Å². The maximum atomic E-state index is 12.9. The van der Waals surface area contributed by atoms with Crippen LogP contribution in [0.4, 0.5) is 5.69 Å². The molecule has 3 aromatic carbocycles. The Hall–Kier alpha value is -3.93. The van der Waals surface area contributed by atoms with Gasteiger partial charge < -0.3 is 14.3 Å². The molecule has 1 amide bonds. The number of aromatic nitrogens is 3. The summed E-state index contributed by atoms with van der Waals surface area (Å²) >= 11 is 0. The minimum Gasteiger partial charge on any atom is -0.464 e. The van der Waals surface area contributed by atoms with Crippen molar-refractivity contribution in [2.24, 2.45) is 0 Å². The van der Waals surface area contributed by atoms with Gasteiger partial charge in [-0.15, -0.1) is 10.2 Å². The van der Waals surface area contributed by atoms with E-state index in [2.05, 4.69) is 32.2 Å². The van der Waals surface area contributed by atoms with Crippen molar-refractivity contribution in [1.82, 2.24) is 14.8 Å². The molecule has 1 aliphatic rings. The van der Waals surface area contributed by atoms with E-state index in [1.54, 1.807) is 6.26 Å². The van der Waals surface area contributed by atoms with Gasteiger partial charge in [-0.2, -0.15) is 0 Å². The molecule has 1 aliphatic heterocycles. The van der Waals surface area contributed by atoms with E-state index in [4.69, 9.17) is 4.42 Å². The fourth-order valence-corrected chi connectivity index (χ4v) is 4.82. The predicted molar refractivity (Wildman–Crippen MR) is 129 cm³/mol. The van der Waals surface area contributed by atoms with Crippen LogP contribution in [0.3, 0.4) is 0 Å². The van der Waals surface area contributed by atoms with E-state index in [0.29, 0.717) is 0 Å². The lowest BCUT2D eigenvalue weighted by molar-refractivity contribution is -0.115. The minimum atomic E-state index is -0.0807. The van der Waals surface area contributed by atoms with Crippen LogP contribution in [0.25, 0.3) is 33.1 Å². The Kier molecular flexibility index (Phi) is 4.91. The van der Waals surface area contributed by atoms with Crippen LogP contribution >= 0.6 is 0 Å². The van der Waals surface area contributed by atoms with E-state index in [1.807, 2.05) is 48.5 Å². The Morgan fingerprint density at radius 2 is 1.94 bits per heavy atom. The molecule has 0 saturated heterocycles. The predicted octanol–water partition coefficient (Wildman–Crippen LogP) is 5.75. The molecular formula is C27H24N4O2.